The highest BCUT2D eigenvalue weighted by Crippen LogP contribution is 2.46. The minimum Gasteiger partial charge on any atom is -0.475 e. The van der Waals surface area contributed by atoms with E-state index < -0.39 is 12.1 Å². The van der Waals surface area contributed by atoms with Crippen molar-refractivity contribution in [2.24, 2.45) is 0 Å². The van der Waals surface area contributed by atoms with Gasteiger partial charge >= 0.3 is 12.1 Å². The lowest BCUT2D eigenvalue weighted by molar-refractivity contribution is -0.192. The molecule has 0 bridgehead atoms. The third-order valence-electron chi connectivity index (χ3n) is 4.70. The van der Waals surface area contributed by atoms with Crippen LogP contribution in [0.4, 0.5) is 13.2 Å². The minimum atomic E-state index is -5.08. The number of amides is 1. The number of halogens is 3. The molecule has 2 aliphatic heterocycles. The van der Waals surface area contributed by atoms with Crippen molar-refractivity contribution in [3.63, 3.8) is 0 Å². The number of ether oxygens (including phenoxy) is 1. The zero-order valence-electron chi connectivity index (χ0n) is 16.5. The molecule has 2 aliphatic rings. The lowest BCUT2D eigenvalue weighted by Crippen LogP contribution is -2.60. The van der Waals surface area contributed by atoms with Gasteiger partial charge in [-0.3, -0.25) is 9.78 Å². The molecular weight excluding hydrogens is 439 g/mol. The van der Waals surface area contributed by atoms with Crippen LogP contribution in [0.1, 0.15) is 28.4 Å². The Balaban J connectivity index is 0.000000339. The SMILES string of the molecule is Cc1cc(C(=O)N2CC3(CC(OCc4ccccn4)CS3)C2)no1.O=C(O)C(F)(F)F. The number of aromatic nitrogens is 2. The third kappa shape index (κ3) is 5.97. The Bertz CT molecular complexity index is 916. The summed E-state index contributed by atoms with van der Waals surface area (Å²) in [6.45, 7) is 3.85. The normalized spacial score (nSPS) is 19.5. The summed E-state index contributed by atoms with van der Waals surface area (Å²) in [4.78, 5) is 27.3. The molecular formula is C19H20F3N3O5S. The second kappa shape index (κ2) is 9.27. The molecule has 4 rings (SSSR count). The summed E-state index contributed by atoms with van der Waals surface area (Å²) in [5.74, 6) is -1.17. The molecule has 1 amide bonds. The quantitative estimate of drug-likeness (QED) is 0.744. The van der Waals surface area contributed by atoms with E-state index in [-0.39, 0.29) is 16.8 Å². The van der Waals surface area contributed by atoms with Crippen molar-refractivity contribution >= 4 is 23.6 Å². The third-order valence-corrected chi connectivity index (χ3v) is 6.28. The van der Waals surface area contributed by atoms with Crippen molar-refractivity contribution in [2.75, 3.05) is 18.8 Å². The number of rotatable bonds is 4. The number of thioether (sulfide) groups is 1. The molecule has 2 aromatic heterocycles. The van der Waals surface area contributed by atoms with Crippen molar-refractivity contribution in [1.29, 1.82) is 0 Å². The molecule has 0 radical (unpaired) electrons. The molecule has 2 saturated heterocycles. The molecule has 0 saturated carbocycles. The maximum atomic E-state index is 12.3. The van der Waals surface area contributed by atoms with Crippen LogP contribution in [-0.2, 0) is 16.1 Å². The fourth-order valence-corrected chi connectivity index (χ4v) is 4.79. The lowest BCUT2D eigenvalue weighted by Gasteiger charge is -2.47. The number of likely N-dealkylation sites (tertiary alicyclic amines) is 1. The van der Waals surface area contributed by atoms with E-state index in [1.807, 2.05) is 34.9 Å². The Morgan fingerprint density at radius 3 is 2.65 bits per heavy atom. The molecule has 2 fully saturated rings. The largest absolute Gasteiger partial charge is 0.490 e. The van der Waals surface area contributed by atoms with Crippen LogP contribution in [0.3, 0.4) is 0 Å². The van der Waals surface area contributed by atoms with Gasteiger partial charge in [-0.1, -0.05) is 11.2 Å². The number of aliphatic carboxylic acids is 1. The van der Waals surface area contributed by atoms with E-state index in [2.05, 4.69) is 10.1 Å². The number of hydrogen-bond acceptors (Lipinski definition) is 7. The Morgan fingerprint density at radius 2 is 2.10 bits per heavy atom. The Hall–Kier alpha value is -2.60. The Morgan fingerprint density at radius 1 is 1.39 bits per heavy atom. The number of hydrogen-bond donors (Lipinski definition) is 1. The zero-order chi connectivity index (χ0) is 22.6. The van der Waals surface area contributed by atoms with E-state index in [0.29, 0.717) is 18.1 Å². The molecule has 2 aromatic rings. The van der Waals surface area contributed by atoms with Crippen LogP contribution < -0.4 is 0 Å². The second-order valence-corrected chi connectivity index (χ2v) is 8.73. The first-order valence-electron chi connectivity index (χ1n) is 9.26. The lowest BCUT2D eigenvalue weighted by atomic mass is 9.92. The number of aryl methyl sites for hydroxylation is 1. The van der Waals surface area contributed by atoms with E-state index in [0.717, 1.165) is 31.0 Å². The predicted molar refractivity (Wildman–Crippen MR) is 103 cm³/mol. The Labute approximate surface area is 179 Å². The van der Waals surface area contributed by atoms with Crippen LogP contribution in [0.2, 0.25) is 0 Å². The average molecular weight is 459 g/mol. The maximum absolute atomic E-state index is 12.3. The number of carboxylic acid groups (broad SMARTS) is 1. The van der Waals surface area contributed by atoms with Crippen molar-refractivity contribution < 1.29 is 37.1 Å². The standard InChI is InChI=1S/C17H19N3O3S.C2HF3O2/c1-12-6-15(19-23-12)16(21)20-10-17(11-20)7-14(9-24-17)22-8-13-4-2-3-5-18-13;3-2(4,5)1(6)7/h2-6,14H,7-11H2,1H3;(H,6,7). The monoisotopic (exact) mass is 459 g/mol. The smallest absolute Gasteiger partial charge is 0.475 e. The van der Waals surface area contributed by atoms with Gasteiger partial charge in [0.15, 0.2) is 5.69 Å². The second-order valence-electron chi connectivity index (χ2n) is 7.24. The molecule has 0 aliphatic carbocycles. The predicted octanol–water partition coefficient (Wildman–Crippen LogP) is 2.93. The van der Waals surface area contributed by atoms with Crippen LogP contribution in [0.5, 0.6) is 0 Å². The highest BCUT2D eigenvalue weighted by atomic mass is 32.2. The first-order chi connectivity index (χ1) is 14.6. The number of pyridine rings is 1. The van der Waals surface area contributed by atoms with Gasteiger partial charge in [0.05, 0.1) is 23.2 Å². The van der Waals surface area contributed by atoms with Gasteiger partial charge in [0.2, 0.25) is 0 Å². The molecule has 1 unspecified atom stereocenters. The number of nitrogens with zero attached hydrogens (tertiary/aromatic N) is 3. The van der Waals surface area contributed by atoms with Crippen LogP contribution in [0.25, 0.3) is 0 Å². The van der Waals surface area contributed by atoms with E-state index in [1.165, 1.54) is 0 Å². The average Bonchev–Trinajstić information content (AvgIpc) is 3.32. The van der Waals surface area contributed by atoms with Crippen molar-refractivity contribution in [1.82, 2.24) is 15.0 Å². The van der Waals surface area contributed by atoms with Crippen molar-refractivity contribution in [3.8, 4) is 0 Å². The van der Waals surface area contributed by atoms with Gasteiger partial charge < -0.3 is 19.3 Å². The van der Waals surface area contributed by atoms with E-state index in [4.69, 9.17) is 19.2 Å². The van der Waals surface area contributed by atoms with Gasteiger partial charge in [0.1, 0.15) is 5.76 Å². The topological polar surface area (TPSA) is 106 Å². The number of carboxylic acids is 1. The van der Waals surface area contributed by atoms with E-state index >= 15 is 0 Å². The van der Waals surface area contributed by atoms with Gasteiger partial charge in [-0.25, -0.2) is 4.79 Å². The summed E-state index contributed by atoms with van der Waals surface area (Å²) < 4.78 is 42.9. The molecule has 31 heavy (non-hydrogen) atoms. The summed E-state index contributed by atoms with van der Waals surface area (Å²) in [7, 11) is 0. The van der Waals surface area contributed by atoms with Gasteiger partial charge in [0, 0.05) is 31.1 Å². The molecule has 0 aromatic carbocycles. The van der Waals surface area contributed by atoms with Gasteiger partial charge in [0.25, 0.3) is 5.91 Å². The molecule has 1 atom stereocenters. The first-order valence-corrected chi connectivity index (χ1v) is 10.2. The molecule has 4 heterocycles. The van der Waals surface area contributed by atoms with Gasteiger partial charge in [-0.05, 0) is 25.5 Å². The molecule has 168 valence electrons. The number of carbonyl (C=O) groups excluding carboxylic acids is 1. The molecule has 1 spiro atoms. The summed E-state index contributed by atoms with van der Waals surface area (Å²) in [5.41, 5.74) is 1.35. The van der Waals surface area contributed by atoms with Crippen LogP contribution in [0.15, 0.2) is 35.0 Å². The zero-order valence-corrected chi connectivity index (χ0v) is 17.3. The number of carbonyl (C=O) groups is 2. The summed E-state index contributed by atoms with van der Waals surface area (Å²) >= 11 is 1.91. The number of alkyl halides is 3. The summed E-state index contributed by atoms with van der Waals surface area (Å²) in [6, 6.07) is 7.53. The maximum Gasteiger partial charge on any atom is 0.490 e. The molecule has 8 nitrogen and oxygen atoms in total. The first kappa shape index (κ1) is 23.1. The highest BCUT2D eigenvalue weighted by Gasteiger charge is 2.51. The van der Waals surface area contributed by atoms with Crippen LogP contribution >= 0.6 is 11.8 Å². The summed E-state index contributed by atoms with van der Waals surface area (Å²) in [6.07, 6.45) is -2.10. The minimum absolute atomic E-state index is 0.0454. The molecule has 12 heteroatoms. The van der Waals surface area contributed by atoms with Crippen LogP contribution in [-0.4, -0.2) is 67.9 Å². The van der Waals surface area contributed by atoms with Gasteiger partial charge in [-0.15, -0.1) is 11.8 Å². The molecule has 1 N–H and O–H groups in total. The fraction of sp³-hybridized carbons (Fsp3) is 0.474. The van der Waals surface area contributed by atoms with Crippen molar-refractivity contribution in [3.05, 3.63) is 47.6 Å². The van der Waals surface area contributed by atoms with Crippen LogP contribution in [0, 0.1) is 6.92 Å². The van der Waals surface area contributed by atoms with E-state index in [9.17, 15) is 18.0 Å². The Kier molecular flexibility index (Phi) is 6.90. The van der Waals surface area contributed by atoms with Crippen molar-refractivity contribution in [2.45, 2.75) is 37.0 Å². The van der Waals surface area contributed by atoms with Gasteiger partial charge in [-0.2, -0.15) is 13.2 Å². The summed E-state index contributed by atoms with van der Waals surface area (Å²) in [5, 5.41) is 10.9. The fourth-order valence-electron chi connectivity index (χ4n) is 3.24. The van der Waals surface area contributed by atoms with E-state index in [1.54, 1.807) is 19.2 Å². The highest BCUT2D eigenvalue weighted by molar-refractivity contribution is 8.01.